The molecule has 5 nitrogen and oxygen atoms in total. The highest BCUT2D eigenvalue weighted by Crippen LogP contribution is 2.47. The Morgan fingerprint density at radius 2 is 2.23 bits per heavy atom. The summed E-state index contributed by atoms with van der Waals surface area (Å²) in [5, 5.41) is 0. The van der Waals surface area contributed by atoms with Gasteiger partial charge in [0.25, 0.3) is 0 Å². The van der Waals surface area contributed by atoms with Crippen LogP contribution in [0.4, 0.5) is 4.39 Å². The monoisotopic (exact) mass is 356 g/mol. The van der Waals surface area contributed by atoms with E-state index in [1.54, 1.807) is 13.0 Å². The predicted molar refractivity (Wildman–Crippen MR) is 93.5 cm³/mol. The third-order valence-electron chi connectivity index (χ3n) is 5.21. The first kappa shape index (κ1) is 16.8. The van der Waals surface area contributed by atoms with Gasteiger partial charge >= 0.3 is 0 Å². The molecule has 136 valence electrons. The summed E-state index contributed by atoms with van der Waals surface area (Å²) in [4.78, 5) is 18.4. The van der Waals surface area contributed by atoms with Gasteiger partial charge in [-0.15, -0.1) is 0 Å². The van der Waals surface area contributed by atoms with Crippen LogP contribution in [-0.2, 0) is 4.79 Å². The van der Waals surface area contributed by atoms with Crippen molar-refractivity contribution >= 4 is 5.91 Å². The van der Waals surface area contributed by atoms with Crippen molar-refractivity contribution in [2.75, 3.05) is 19.8 Å². The molecule has 26 heavy (non-hydrogen) atoms. The Bertz CT molecular complexity index is 842. The van der Waals surface area contributed by atoms with Crippen LogP contribution in [0.25, 0.3) is 0 Å². The van der Waals surface area contributed by atoms with Gasteiger partial charge in [0.15, 0.2) is 0 Å². The first-order chi connectivity index (χ1) is 12.5. The van der Waals surface area contributed by atoms with Crippen LogP contribution < -0.4 is 9.47 Å². The standard InChI is InChI=1S/C20H21FN2O3/c1-12-4-3-5-19(22-12)26-10-14-9-23(13(2)24)20-16-8-15(21)6-7-18(16)25-11-17(14)20/h3-8,14,17,20H,9-11H2,1-2H3/t14-,17-,20-/m0/s1. The SMILES string of the molecule is CC(=O)N1C[C@@H](COc2cccc(C)n2)[C@@H]2COc3ccc(F)cc3[C@@H]21. The number of fused-ring (bicyclic) bond motifs is 3. The normalized spacial score (nSPS) is 23.8. The van der Waals surface area contributed by atoms with E-state index in [1.165, 1.54) is 12.1 Å². The molecule has 0 spiro atoms. The quantitative estimate of drug-likeness (QED) is 0.848. The van der Waals surface area contributed by atoms with Gasteiger partial charge < -0.3 is 14.4 Å². The second-order valence-electron chi connectivity index (χ2n) is 6.96. The smallest absolute Gasteiger partial charge is 0.219 e. The number of hydrogen-bond donors (Lipinski definition) is 0. The van der Waals surface area contributed by atoms with Gasteiger partial charge in [-0.2, -0.15) is 0 Å². The summed E-state index contributed by atoms with van der Waals surface area (Å²) in [6, 6.07) is 9.97. The van der Waals surface area contributed by atoms with E-state index in [4.69, 9.17) is 9.47 Å². The molecule has 0 N–H and O–H groups in total. The van der Waals surface area contributed by atoms with Crippen molar-refractivity contribution in [1.82, 2.24) is 9.88 Å². The summed E-state index contributed by atoms with van der Waals surface area (Å²) < 4.78 is 25.5. The van der Waals surface area contributed by atoms with Gasteiger partial charge in [-0.1, -0.05) is 6.07 Å². The van der Waals surface area contributed by atoms with E-state index in [9.17, 15) is 9.18 Å². The minimum absolute atomic E-state index is 0.0201. The second kappa shape index (κ2) is 6.59. The molecular weight excluding hydrogens is 335 g/mol. The molecule has 0 unspecified atom stereocenters. The number of amides is 1. The Balaban J connectivity index is 1.58. The molecule has 1 saturated heterocycles. The lowest BCUT2D eigenvalue weighted by Gasteiger charge is -2.34. The number of likely N-dealkylation sites (tertiary alicyclic amines) is 1. The molecule has 0 saturated carbocycles. The number of nitrogens with zero attached hydrogens (tertiary/aromatic N) is 2. The summed E-state index contributed by atoms with van der Waals surface area (Å²) >= 11 is 0. The zero-order chi connectivity index (χ0) is 18.3. The van der Waals surface area contributed by atoms with Crippen LogP contribution in [0.15, 0.2) is 36.4 Å². The van der Waals surface area contributed by atoms with Crippen molar-refractivity contribution < 1.29 is 18.7 Å². The molecule has 4 rings (SSSR count). The molecular formula is C20H21FN2O3. The van der Waals surface area contributed by atoms with Crippen molar-refractivity contribution in [3.05, 3.63) is 53.5 Å². The highest BCUT2D eigenvalue weighted by molar-refractivity contribution is 5.74. The van der Waals surface area contributed by atoms with Gasteiger partial charge in [0, 0.05) is 42.6 Å². The Kier molecular flexibility index (Phi) is 4.26. The first-order valence-electron chi connectivity index (χ1n) is 8.79. The van der Waals surface area contributed by atoms with E-state index in [0.717, 1.165) is 11.3 Å². The Morgan fingerprint density at radius 1 is 1.38 bits per heavy atom. The predicted octanol–water partition coefficient (Wildman–Crippen LogP) is 3.14. The number of carbonyl (C=O) groups excluding carboxylic acids is 1. The highest BCUT2D eigenvalue weighted by atomic mass is 19.1. The highest BCUT2D eigenvalue weighted by Gasteiger charge is 2.47. The molecule has 0 aliphatic carbocycles. The molecule has 0 radical (unpaired) electrons. The van der Waals surface area contributed by atoms with Gasteiger partial charge in [0.1, 0.15) is 11.6 Å². The number of halogens is 1. The zero-order valence-corrected chi connectivity index (χ0v) is 14.8. The summed E-state index contributed by atoms with van der Waals surface area (Å²) in [6.07, 6.45) is 0. The van der Waals surface area contributed by atoms with E-state index < -0.39 is 0 Å². The number of aryl methyl sites for hydroxylation is 1. The molecule has 3 heterocycles. The average molecular weight is 356 g/mol. The van der Waals surface area contributed by atoms with Crippen molar-refractivity contribution in [3.63, 3.8) is 0 Å². The number of benzene rings is 1. The summed E-state index contributed by atoms with van der Waals surface area (Å²) in [5.74, 6) is 1.06. The van der Waals surface area contributed by atoms with Crippen LogP contribution in [0, 0.1) is 24.6 Å². The molecule has 1 aromatic heterocycles. The maximum atomic E-state index is 13.8. The lowest BCUT2D eigenvalue weighted by molar-refractivity contribution is -0.130. The van der Waals surface area contributed by atoms with E-state index in [2.05, 4.69) is 4.98 Å². The van der Waals surface area contributed by atoms with Crippen molar-refractivity contribution in [3.8, 4) is 11.6 Å². The first-order valence-corrected chi connectivity index (χ1v) is 8.79. The fourth-order valence-corrected chi connectivity index (χ4v) is 3.98. The molecule has 6 heteroatoms. The van der Waals surface area contributed by atoms with Crippen LogP contribution in [-0.4, -0.2) is 35.5 Å². The maximum Gasteiger partial charge on any atom is 0.219 e. The molecule has 2 aliphatic rings. The lowest BCUT2D eigenvalue weighted by atomic mass is 9.85. The van der Waals surface area contributed by atoms with E-state index >= 15 is 0 Å². The molecule has 1 aromatic carbocycles. The van der Waals surface area contributed by atoms with Gasteiger partial charge in [0.2, 0.25) is 11.8 Å². The van der Waals surface area contributed by atoms with Crippen LogP contribution in [0.5, 0.6) is 11.6 Å². The third-order valence-corrected chi connectivity index (χ3v) is 5.21. The number of aromatic nitrogens is 1. The maximum absolute atomic E-state index is 13.8. The summed E-state index contributed by atoms with van der Waals surface area (Å²) in [7, 11) is 0. The number of rotatable bonds is 3. The molecule has 3 atom stereocenters. The van der Waals surface area contributed by atoms with Gasteiger partial charge in [-0.3, -0.25) is 4.79 Å². The van der Waals surface area contributed by atoms with E-state index in [0.29, 0.717) is 31.4 Å². The Hall–Kier alpha value is -2.63. The molecule has 1 amide bonds. The van der Waals surface area contributed by atoms with Crippen LogP contribution in [0.3, 0.4) is 0 Å². The van der Waals surface area contributed by atoms with Gasteiger partial charge in [-0.25, -0.2) is 9.37 Å². The molecule has 2 aromatic rings. The van der Waals surface area contributed by atoms with Crippen molar-refractivity contribution in [2.45, 2.75) is 19.9 Å². The van der Waals surface area contributed by atoms with Crippen LogP contribution in [0.1, 0.15) is 24.2 Å². The topological polar surface area (TPSA) is 51.7 Å². The minimum Gasteiger partial charge on any atom is -0.493 e. The molecule has 0 bridgehead atoms. The average Bonchev–Trinajstić information content (AvgIpc) is 2.99. The van der Waals surface area contributed by atoms with Crippen LogP contribution in [0.2, 0.25) is 0 Å². The van der Waals surface area contributed by atoms with E-state index in [1.807, 2.05) is 30.0 Å². The lowest BCUT2D eigenvalue weighted by Crippen LogP contribution is -2.34. The largest absolute Gasteiger partial charge is 0.493 e. The Morgan fingerprint density at radius 3 is 3.00 bits per heavy atom. The van der Waals surface area contributed by atoms with Gasteiger partial charge in [-0.05, 0) is 31.2 Å². The number of pyridine rings is 1. The Labute approximate surface area is 151 Å². The van der Waals surface area contributed by atoms with E-state index in [-0.39, 0.29) is 29.6 Å². The molecule has 2 aliphatic heterocycles. The third kappa shape index (κ3) is 3.00. The van der Waals surface area contributed by atoms with Crippen LogP contribution >= 0.6 is 0 Å². The summed E-state index contributed by atoms with van der Waals surface area (Å²) in [6.45, 7) is 4.96. The van der Waals surface area contributed by atoms with Crippen molar-refractivity contribution in [1.29, 1.82) is 0 Å². The minimum atomic E-state index is -0.319. The summed E-state index contributed by atoms with van der Waals surface area (Å²) in [5.41, 5.74) is 1.63. The number of hydrogen-bond acceptors (Lipinski definition) is 4. The second-order valence-corrected chi connectivity index (χ2v) is 6.96. The zero-order valence-electron chi connectivity index (χ0n) is 14.8. The fourth-order valence-electron chi connectivity index (χ4n) is 3.98. The number of ether oxygens (including phenoxy) is 2. The van der Waals surface area contributed by atoms with Gasteiger partial charge in [0.05, 0.1) is 19.3 Å². The number of carbonyl (C=O) groups is 1. The van der Waals surface area contributed by atoms with Crippen molar-refractivity contribution in [2.24, 2.45) is 11.8 Å². The fraction of sp³-hybridized carbons (Fsp3) is 0.400. The molecule has 1 fully saturated rings.